The van der Waals surface area contributed by atoms with Crippen LogP contribution in [0.3, 0.4) is 0 Å². The molecule has 1 heterocycles. The third kappa shape index (κ3) is 3.80. The first kappa shape index (κ1) is 13.6. The van der Waals surface area contributed by atoms with E-state index in [0.29, 0.717) is 11.9 Å². The van der Waals surface area contributed by atoms with E-state index in [2.05, 4.69) is 48.0 Å². The van der Waals surface area contributed by atoms with E-state index in [1.54, 1.807) is 6.20 Å². The van der Waals surface area contributed by atoms with Crippen LogP contribution in [0.25, 0.3) is 0 Å². The average Bonchev–Trinajstić information content (AvgIpc) is 2.41. The molecular weight excluding hydrogens is 234 g/mol. The molecule has 3 nitrogen and oxygen atoms in total. The summed E-state index contributed by atoms with van der Waals surface area (Å²) >= 11 is 0. The molecule has 1 aromatic carbocycles. The van der Waals surface area contributed by atoms with Crippen molar-refractivity contribution in [3.63, 3.8) is 0 Å². The SMILES string of the molecule is CC(C)N(Cc1ccccc1)Cc1cccnc1N. The molecule has 0 saturated heterocycles. The zero-order chi connectivity index (χ0) is 13.7. The standard InChI is InChI=1S/C16H21N3/c1-13(2)19(11-14-7-4-3-5-8-14)12-15-9-6-10-18-16(15)17/h3-10,13H,11-12H2,1-2H3,(H2,17,18). The van der Waals surface area contributed by atoms with Crippen molar-refractivity contribution in [1.82, 2.24) is 9.88 Å². The Morgan fingerprint density at radius 3 is 2.42 bits per heavy atom. The van der Waals surface area contributed by atoms with Crippen LogP contribution in [0, 0.1) is 0 Å². The van der Waals surface area contributed by atoms with Crippen molar-refractivity contribution in [2.45, 2.75) is 33.0 Å². The van der Waals surface area contributed by atoms with Gasteiger partial charge in [-0.15, -0.1) is 0 Å². The Kier molecular flexibility index (Phi) is 4.53. The van der Waals surface area contributed by atoms with Crippen LogP contribution in [-0.4, -0.2) is 15.9 Å². The monoisotopic (exact) mass is 255 g/mol. The lowest BCUT2D eigenvalue weighted by atomic mass is 10.1. The third-order valence-corrected chi connectivity index (χ3v) is 3.26. The smallest absolute Gasteiger partial charge is 0.127 e. The molecule has 0 aliphatic heterocycles. The molecule has 0 radical (unpaired) electrons. The molecule has 100 valence electrons. The second-order valence-electron chi connectivity index (χ2n) is 5.03. The lowest BCUT2D eigenvalue weighted by Gasteiger charge is -2.27. The molecule has 0 atom stereocenters. The van der Waals surface area contributed by atoms with E-state index in [9.17, 15) is 0 Å². The highest BCUT2D eigenvalue weighted by Crippen LogP contribution is 2.15. The number of nitrogens with zero attached hydrogens (tertiary/aromatic N) is 2. The molecule has 0 aliphatic rings. The Labute approximate surface area is 115 Å². The van der Waals surface area contributed by atoms with Crippen LogP contribution < -0.4 is 5.73 Å². The summed E-state index contributed by atoms with van der Waals surface area (Å²) in [5.41, 5.74) is 8.33. The minimum Gasteiger partial charge on any atom is -0.383 e. The Bertz CT molecular complexity index is 508. The second kappa shape index (κ2) is 6.34. The normalized spacial score (nSPS) is 11.2. The summed E-state index contributed by atoms with van der Waals surface area (Å²) in [6.07, 6.45) is 1.73. The van der Waals surface area contributed by atoms with Gasteiger partial charge in [0, 0.05) is 30.9 Å². The van der Waals surface area contributed by atoms with Gasteiger partial charge in [0.2, 0.25) is 0 Å². The number of rotatable bonds is 5. The van der Waals surface area contributed by atoms with Gasteiger partial charge in [-0.2, -0.15) is 0 Å². The van der Waals surface area contributed by atoms with Crippen molar-refractivity contribution in [1.29, 1.82) is 0 Å². The van der Waals surface area contributed by atoms with Crippen molar-refractivity contribution >= 4 is 5.82 Å². The Morgan fingerprint density at radius 1 is 1.05 bits per heavy atom. The van der Waals surface area contributed by atoms with Gasteiger partial charge < -0.3 is 5.73 Å². The van der Waals surface area contributed by atoms with Gasteiger partial charge in [-0.3, -0.25) is 4.90 Å². The van der Waals surface area contributed by atoms with Gasteiger partial charge in [0.25, 0.3) is 0 Å². The predicted molar refractivity (Wildman–Crippen MR) is 79.5 cm³/mol. The van der Waals surface area contributed by atoms with E-state index in [4.69, 9.17) is 5.73 Å². The molecular formula is C16H21N3. The Hall–Kier alpha value is -1.87. The van der Waals surface area contributed by atoms with E-state index in [0.717, 1.165) is 18.7 Å². The number of nitrogen functional groups attached to an aromatic ring is 1. The summed E-state index contributed by atoms with van der Waals surface area (Å²) in [5.74, 6) is 0.626. The topological polar surface area (TPSA) is 42.2 Å². The maximum atomic E-state index is 5.92. The van der Waals surface area contributed by atoms with E-state index >= 15 is 0 Å². The second-order valence-corrected chi connectivity index (χ2v) is 5.03. The first-order chi connectivity index (χ1) is 9.16. The van der Waals surface area contributed by atoms with Crippen molar-refractivity contribution in [2.24, 2.45) is 0 Å². The molecule has 0 fully saturated rings. The van der Waals surface area contributed by atoms with Crippen molar-refractivity contribution < 1.29 is 0 Å². The summed E-state index contributed by atoms with van der Waals surface area (Å²) < 4.78 is 0. The Morgan fingerprint density at radius 2 is 1.79 bits per heavy atom. The number of hydrogen-bond donors (Lipinski definition) is 1. The zero-order valence-corrected chi connectivity index (χ0v) is 11.6. The fourth-order valence-corrected chi connectivity index (χ4v) is 2.04. The molecule has 2 aromatic rings. The number of hydrogen-bond acceptors (Lipinski definition) is 3. The van der Waals surface area contributed by atoms with Crippen LogP contribution >= 0.6 is 0 Å². The predicted octanol–water partition coefficient (Wildman–Crippen LogP) is 3.07. The fourth-order valence-electron chi connectivity index (χ4n) is 2.04. The summed E-state index contributed by atoms with van der Waals surface area (Å²) in [6, 6.07) is 14.9. The molecule has 1 aromatic heterocycles. The molecule has 0 unspecified atom stereocenters. The van der Waals surface area contributed by atoms with Crippen LogP contribution in [0.1, 0.15) is 25.0 Å². The number of benzene rings is 1. The molecule has 0 amide bonds. The average molecular weight is 255 g/mol. The summed E-state index contributed by atoms with van der Waals surface area (Å²) in [6.45, 7) is 6.16. The molecule has 2 N–H and O–H groups in total. The minimum atomic E-state index is 0.458. The number of nitrogens with two attached hydrogens (primary N) is 1. The number of pyridine rings is 1. The van der Waals surface area contributed by atoms with Gasteiger partial charge in [0.05, 0.1) is 0 Å². The fraction of sp³-hybridized carbons (Fsp3) is 0.312. The van der Waals surface area contributed by atoms with Gasteiger partial charge in [-0.25, -0.2) is 4.98 Å². The molecule has 19 heavy (non-hydrogen) atoms. The molecule has 0 aliphatic carbocycles. The number of aromatic nitrogens is 1. The van der Waals surface area contributed by atoms with Crippen LogP contribution in [-0.2, 0) is 13.1 Å². The third-order valence-electron chi connectivity index (χ3n) is 3.26. The van der Waals surface area contributed by atoms with Gasteiger partial charge in [-0.05, 0) is 25.5 Å². The lowest BCUT2D eigenvalue weighted by molar-refractivity contribution is 0.204. The highest BCUT2D eigenvalue weighted by Gasteiger charge is 2.12. The van der Waals surface area contributed by atoms with E-state index in [-0.39, 0.29) is 0 Å². The van der Waals surface area contributed by atoms with Gasteiger partial charge in [0.15, 0.2) is 0 Å². The summed E-state index contributed by atoms with van der Waals surface area (Å²) in [4.78, 5) is 6.54. The first-order valence-corrected chi connectivity index (χ1v) is 6.64. The van der Waals surface area contributed by atoms with Crippen molar-refractivity contribution in [3.8, 4) is 0 Å². The van der Waals surface area contributed by atoms with Crippen LogP contribution in [0.2, 0.25) is 0 Å². The maximum Gasteiger partial charge on any atom is 0.127 e. The molecule has 0 bridgehead atoms. The largest absolute Gasteiger partial charge is 0.383 e. The molecule has 2 rings (SSSR count). The van der Waals surface area contributed by atoms with Gasteiger partial charge in [0.1, 0.15) is 5.82 Å². The van der Waals surface area contributed by atoms with Gasteiger partial charge in [-0.1, -0.05) is 36.4 Å². The van der Waals surface area contributed by atoms with Crippen LogP contribution in [0.5, 0.6) is 0 Å². The molecule has 3 heteroatoms. The zero-order valence-electron chi connectivity index (χ0n) is 11.6. The lowest BCUT2D eigenvalue weighted by Crippen LogP contribution is -2.30. The van der Waals surface area contributed by atoms with Crippen molar-refractivity contribution in [2.75, 3.05) is 5.73 Å². The quantitative estimate of drug-likeness (QED) is 0.892. The summed E-state index contributed by atoms with van der Waals surface area (Å²) in [5, 5.41) is 0. The molecule has 0 spiro atoms. The number of anilines is 1. The molecule has 0 saturated carbocycles. The van der Waals surface area contributed by atoms with Crippen LogP contribution in [0.4, 0.5) is 5.82 Å². The highest BCUT2D eigenvalue weighted by atomic mass is 15.1. The first-order valence-electron chi connectivity index (χ1n) is 6.64. The maximum absolute atomic E-state index is 5.92. The van der Waals surface area contributed by atoms with Crippen molar-refractivity contribution in [3.05, 3.63) is 59.8 Å². The minimum absolute atomic E-state index is 0.458. The van der Waals surface area contributed by atoms with E-state index in [1.165, 1.54) is 5.56 Å². The summed E-state index contributed by atoms with van der Waals surface area (Å²) in [7, 11) is 0. The highest BCUT2D eigenvalue weighted by molar-refractivity contribution is 5.38. The van der Waals surface area contributed by atoms with Gasteiger partial charge >= 0.3 is 0 Å². The van der Waals surface area contributed by atoms with Crippen LogP contribution in [0.15, 0.2) is 48.7 Å². The van der Waals surface area contributed by atoms with E-state index in [1.807, 2.05) is 18.2 Å². The Balaban J connectivity index is 2.11. The van der Waals surface area contributed by atoms with E-state index < -0.39 is 0 Å².